The molecule has 0 fully saturated rings. The van der Waals surface area contributed by atoms with Crippen LogP contribution >= 0.6 is 11.6 Å². The van der Waals surface area contributed by atoms with Crippen molar-refractivity contribution in [3.8, 4) is 0 Å². The van der Waals surface area contributed by atoms with Gasteiger partial charge in [-0.25, -0.2) is 9.78 Å². The van der Waals surface area contributed by atoms with Crippen molar-refractivity contribution in [1.82, 2.24) is 10.3 Å². The maximum absolute atomic E-state index is 11.6. The molecule has 0 bridgehead atoms. The summed E-state index contributed by atoms with van der Waals surface area (Å²) in [4.78, 5) is 25.6. The van der Waals surface area contributed by atoms with Crippen molar-refractivity contribution in [3.05, 3.63) is 23.0 Å². The van der Waals surface area contributed by atoms with Crippen LogP contribution in [0.2, 0.25) is 5.15 Å². The third-order valence-electron chi connectivity index (χ3n) is 1.74. The van der Waals surface area contributed by atoms with Gasteiger partial charge in [0.1, 0.15) is 11.8 Å². The number of carbonyl (C=O) groups is 2. The topological polar surface area (TPSA) is 120 Å². The number of pyridine rings is 1. The molecule has 0 aliphatic rings. The molecule has 0 aromatic carbocycles. The normalized spacial score (nSPS) is 9.71. The summed E-state index contributed by atoms with van der Waals surface area (Å²) in [6, 6.07) is 1.40. The third kappa shape index (κ3) is 4.15. The van der Waals surface area contributed by atoms with Crippen LogP contribution in [0.25, 0.3) is 0 Å². The molecule has 5 N–H and O–H groups in total. The van der Waals surface area contributed by atoms with Crippen LogP contribution in [0.4, 0.5) is 10.5 Å². The lowest BCUT2D eigenvalue weighted by atomic mass is 10.2. The molecule has 0 saturated carbocycles. The van der Waals surface area contributed by atoms with Crippen molar-refractivity contribution >= 4 is 29.3 Å². The number of nitrogens with zero attached hydrogens (tertiary/aromatic N) is 1. The van der Waals surface area contributed by atoms with Crippen LogP contribution in [0.5, 0.6) is 0 Å². The molecular weight excluding hydrogens is 248 g/mol. The molecule has 92 valence electrons. The molecule has 1 rings (SSSR count). The minimum absolute atomic E-state index is 0.0194. The predicted molar refractivity (Wildman–Crippen MR) is 61.5 cm³/mol. The lowest BCUT2D eigenvalue weighted by Gasteiger charge is -2.06. The molecule has 1 aromatic rings. The van der Waals surface area contributed by atoms with Crippen LogP contribution in [0.15, 0.2) is 12.3 Å². The highest BCUT2D eigenvalue weighted by Gasteiger charge is 2.11. The number of aromatic nitrogens is 1. The molecular formula is C9H11ClN4O3. The van der Waals surface area contributed by atoms with E-state index in [1.807, 2.05) is 0 Å². The third-order valence-corrected chi connectivity index (χ3v) is 2.04. The highest BCUT2D eigenvalue weighted by atomic mass is 35.5. The van der Waals surface area contributed by atoms with E-state index < -0.39 is 12.0 Å². The molecule has 0 saturated heterocycles. The maximum Gasteiger partial charge on any atom is 0.404 e. The molecule has 1 heterocycles. The fourth-order valence-corrected chi connectivity index (χ4v) is 1.22. The Bertz CT molecular complexity index is 438. The zero-order valence-electron chi connectivity index (χ0n) is 8.77. The number of hydrogen-bond acceptors (Lipinski definition) is 5. The Hall–Kier alpha value is -2.02. The lowest BCUT2D eigenvalue weighted by Crippen LogP contribution is -2.29. The molecule has 0 radical (unpaired) electrons. The van der Waals surface area contributed by atoms with Crippen LogP contribution in [-0.2, 0) is 4.74 Å². The van der Waals surface area contributed by atoms with Gasteiger partial charge >= 0.3 is 6.09 Å². The molecule has 0 aliphatic heterocycles. The first kappa shape index (κ1) is 13.0. The van der Waals surface area contributed by atoms with E-state index in [0.29, 0.717) is 5.69 Å². The van der Waals surface area contributed by atoms with Crippen molar-refractivity contribution in [2.45, 2.75) is 0 Å². The van der Waals surface area contributed by atoms with E-state index in [-0.39, 0.29) is 23.9 Å². The highest BCUT2D eigenvalue weighted by molar-refractivity contribution is 6.32. The molecule has 2 amide bonds. The van der Waals surface area contributed by atoms with Gasteiger partial charge < -0.3 is 21.5 Å². The van der Waals surface area contributed by atoms with Crippen molar-refractivity contribution < 1.29 is 14.3 Å². The number of rotatable bonds is 4. The van der Waals surface area contributed by atoms with Gasteiger partial charge in [-0.2, -0.15) is 0 Å². The minimum Gasteiger partial charge on any atom is -0.448 e. The molecule has 1 aromatic heterocycles. The summed E-state index contributed by atoms with van der Waals surface area (Å²) < 4.78 is 4.43. The molecule has 0 unspecified atom stereocenters. The van der Waals surface area contributed by atoms with Crippen molar-refractivity contribution in [2.24, 2.45) is 5.73 Å². The first-order valence-electron chi connectivity index (χ1n) is 4.62. The van der Waals surface area contributed by atoms with E-state index >= 15 is 0 Å². The van der Waals surface area contributed by atoms with Crippen LogP contribution in [0.3, 0.4) is 0 Å². The summed E-state index contributed by atoms with van der Waals surface area (Å²) in [6.45, 7) is 0.0985. The summed E-state index contributed by atoms with van der Waals surface area (Å²) in [5.41, 5.74) is 10.7. The number of amides is 2. The van der Waals surface area contributed by atoms with Crippen LogP contribution < -0.4 is 16.8 Å². The lowest BCUT2D eigenvalue weighted by molar-refractivity contribution is 0.0936. The Morgan fingerprint density at radius 1 is 1.53 bits per heavy atom. The zero-order chi connectivity index (χ0) is 12.8. The summed E-state index contributed by atoms with van der Waals surface area (Å²) in [5, 5.41) is 2.52. The fraction of sp³-hybridized carbons (Fsp3) is 0.222. The molecule has 7 nitrogen and oxygen atoms in total. The number of nitrogen functional groups attached to an aromatic ring is 1. The summed E-state index contributed by atoms with van der Waals surface area (Å²) in [5.74, 6) is -0.456. The van der Waals surface area contributed by atoms with Gasteiger partial charge in [0.05, 0.1) is 24.0 Å². The maximum atomic E-state index is 11.6. The van der Waals surface area contributed by atoms with E-state index in [1.54, 1.807) is 0 Å². The Balaban J connectivity index is 2.52. The summed E-state index contributed by atoms with van der Waals surface area (Å²) >= 11 is 5.72. The van der Waals surface area contributed by atoms with Gasteiger partial charge in [0.15, 0.2) is 0 Å². The smallest absolute Gasteiger partial charge is 0.404 e. The first-order valence-corrected chi connectivity index (χ1v) is 5.00. The number of anilines is 1. The summed E-state index contributed by atoms with van der Waals surface area (Å²) in [7, 11) is 0. The van der Waals surface area contributed by atoms with Gasteiger partial charge in [-0.15, -0.1) is 0 Å². The van der Waals surface area contributed by atoms with Gasteiger partial charge in [0.2, 0.25) is 0 Å². The van der Waals surface area contributed by atoms with E-state index in [0.717, 1.165) is 0 Å². The average molecular weight is 259 g/mol. The van der Waals surface area contributed by atoms with Crippen LogP contribution in [-0.4, -0.2) is 30.1 Å². The number of ether oxygens (including phenoxy) is 1. The minimum atomic E-state index is -0.900. The van der Waals surface area contributed by atoms with E-state index in [9.17, 15) is 9.59 Å². The molecule has 17 heavy (non-hydrogen) atoms. The second-order valence-corrected chi connectivity index (χ2v) is 3.39. The second-order valence-electron chi connectivity index (χ2n) is 3.03. The van der Waals surface area contributed by atoms with Gasteiger partial charge in [-0.05, 0) is 6.07 Å². The molecule has 8 heteroatoms. The number of hydrogen-bond donors (Lipinski definition) is 3. The Kier molecular flexibility index (Phi) is 4.53. The fourth-order valence-electron chi connectivity index (χ4n) is 1.03. The second kappa shape index (κ2) is 5.90. The highest BCUT2D eigenvalue weighted by Crippen LogP contribution is 2.14. The largest absolute Gasteiger partial charge is 0.448 e. The Labute approximate surface area is 102 Å². The van der Waals surface area contributed by atoms with Crippen molar-refractivity contribution in [3.63, 3.8) is 0 Å². The first-order chi connectivity index (χ1) is 8.00. The Morgan fingerprint density at radius 2 is 2.24 bits per heavy atom. The Morgan fingerprint density at radius 3 is 2.88 bits per heavy atom. The van der Waals surface area contributed by atoms with E-state index in [2.05, 4.69) is 15.0 Å². The average Bonchev–Trinajstić information content (AvgIpc) is 2.27. The van der Waals surface area contributed by atoms with Crippen LogP contribution in [0, 0.1) is 0 Å². The number of nitrogens with one attached hydrogen (secondary N) is 1. The number of primary amides is 1. The van der Waals surface area contributed by atoms with Gasteiger partial charge in [-0.1, -0.05) is 11.6 Å². The van der Waals surface area contributed by atoms with Crippen molar-refractivity contribution in [1.29, 1.82) is 0 Å². The molecule has 0 aliphatic carbocycles. The number of halogens is 1. The van der Waals surface area contributed by atoms with Crippen molar-refractivity contribution in [2.75, 3.05) is 18.9 Å². The van der Waals surface area contributed by atoms with Gasteiger partial charge in [-0.3, -0.25) is 4.79 Å². The number of nitrogens with two attached hydrogens (primary N) is 2. The van der Waals surface area contributed by atoms with E-state index in [1.165, 1.54) is 12.3 Å². The summed E-state index contributed by atoms with van der Waals surface area (Å²) in [6.07, 6.45) is 0.442. The molecule has 0 atom stereocenters. The number of carbonyl (C=O) groups excluding carboxylic acids is 2. The van der Waals surface area contributed by atoms with Gasteiger partial charge in [0, 0.05) is 0 Å². The van der Waals surface area contributed by atoms with Crippen LogP contribution in [0.1, 0.15) is 10.4 Å². The SMILES string of the molecule is NC(=O)OCCNC(=O)c1cc(N)cnc1Cl. The van der Waals surface area contributed by atoms with E-state index in [4.69, 9.17) is 23.1 Å². The predicted octanol–water partition coefficient (Wildman–Crippen LogP) is 0.142. The van der Waals surface area contributed by atoms with Gasteiger partial charge in [0.25, 0.3) is 5.91 Å². The zero-order valence-corrected chi connectivity index (χ0v) is 9.53. The monoisotopic (exact) mass is 258 g/mol. The molecule has 0 spiro atoms. The quantitative estimate of drug-likeness (QED) is 0.524. The standard InChI is InChI=1S/C9H11ClN4O3/c10-7-6(3-5(11)4-14-7)8(15)13-1-2-17-9(12)16/h3-4H,1-2,11H2,(H2,12,16)(H,13,15).